The molecule has 1 atom stereocenters. The molecule has 1 aromatic rings. The molecule has 0 aliphatic carbocycles. The monoisotopic (exact) mass is 285 g/mol. The molecule has 1 aromatic heterocycles. The summed E-state index contributed by atoms with van der Waals surface area (Å²) in [6.07, 6.45) is 0. The molecule has 5 heteroatoms. The fourth-order valence-electron chi connectivity index (χ4n) is 1.95. The fourth-order valence-corrected chi connectivity index (χ4v) is 2.25. The third-order valence-electron chi connectivity index (χ3n) is 2.71. The Kier molecular flexibility index (Phi) is 3.66. The molecule has 1 N–H and O–H groups in total. The van der Waals surface area contributed by atoms with Crippen LogP contribution >= 0.6 is 15.9 Å². The predicted molar refractivity (Wildman–Crippen MR) is 68.2 cm³/mol. The first-order chi connectivity index (χ1) is 7.70. The van der Waals surface area contributed by atoms with Crippen LogP contribution in [0.2, 0.25) is 0 Å². The van der Waals surface area contributed by atoms with E-state index in [4.69, 9.17) is 4.74 Å². The summed E-state index contributed by atoms with van der Waals surface area (Å²) in [7, 11) is 1.66. The summed E-state index contributed by atoms with van der Waals surface area (Å²) in [5.74, 6) is 0.684. The molecule has 2 rings (SSSR count). The average Bonchev–Trinajstić information content (AvgIpc) is 2.28. The van der Waals surface area contributed by atoms with E-state index in [1.54, 1.807) is 7.11 Å². The third-order valence-corrected chi connectivity index (χ3v) is 3.15. The van der Waals surface area contributed by atoms with E-state index in [9.17, 15) is 0 Å². The number of nitrogens with one attached hydrogen (secondary N) is 1. The zero-order valence-corrected chi connectivity index (χ0v) is 11.1. The topological polar surface area (TPSA) is 37.4 Å². The summed E-state index contributed by atoms with van der Waals surface area (Å²) in [4.78, 5) is 6.63. The van der Waals surface area contributed by atoms with Gasteiger partial charge in [-0.1, -0.05) is 0 Å². The quantitative estimate of drug-likeness (QED) is 0.839. The van der Waals surface area contributed by atoms with Crippen molar-refractivity contribution in [2.45, 2.75) is 13.0 Å². The van der Waals surface area contributed by atoms with Crippen LogP contribution < -0.4 is 15.0 Å². The SMILES string of the molecule is COc1nc(Br)ccc1N1CCN[C@H](C)C1. The van der Waals surface area contributed by atoms with Crippen LogP contribution in [0.3, 0.4) is 0 Å². The lowest BCUT2D eigenvalue weighted by molar-refractivity contribution is 0.393. The van der Waals surface area contributed by atoms with Gasteiger partial charge in [0.25, 0.3) is 0 Å². The van der Waals surface area contributed by atoms with Crippen LogP contribution in [-0.4, -0.2) is 37.8 Å². The second kappa shape index (κ2) is 5.01. The molecule has 4 nitrogen and oxygen atoms in total. The van der Waals surface area contributed by atoms with E-state index in [1.807, 2.05) is 12.1 Å². The molecule has 1 saturated heterocycles. The number of anilines is 1. The molecule has 0 aromatic carbocycles. The first-order valence-electron chi connectivity index (χ1n) is 5.39. The molecule has 0 bridgehead atoms. The molecule has 0 radical (unpaired) electrons. The van der Waals surface area contributed by atoms with Gasteiger partial charge in [-0.2, -0.15) is 0 Å². The number of methoxy groups -OCH3 is 1. The lowest BCUT2D eigenvalue weighted by atomic mass is 10.2. The molecule has 1 aliphatic rings. The summed E-state index contributed by atoms with van der Waals surface area (Å²) in [5.41, 5.74) is 1.07. The van der Waals surface area contributed by atoms with Crippen LogP contribution in [0.15, 0.2) is 16.7 Å². The zero-order valence-electron chi connectivity index (χ0n) is 9.53. The molecule has 2 heterocycles. The fraction of sp³-hybridized carbons (Fsp3) is 0.545. The van der Waals surface area contributed by atoms with Gasteiger partial charge in [0.15, 0.2) is 0 Å². The van der Waals surface area contributed by atoms with Gasteiger partial charge >= 0.3 is 0 Å². The molecule has 0 unspecified atom stereocenters. The van der Waals surface area contributed by atoms with Crippen LogP contribution in [0.1, 0.15) is 6.92 Å². The highest BCUT2D eigenvalue weighted by atomic mass is 79.9. The van der Waals surface area contributed by atoms with Crippen molar-refractivity contribution in [3.05, 3.63) is 16.7 Å². The van der Waals surface area contributed by atoms with Crippen molar-refractivity contribution in [2.75, 3.05) is 31.6 Å². The van der Waals surface area contributed by atoms with Gasteiger partial charge in [0.1, 0.15) is 10.3 Å². The van der Waals surface area contributed by atoms with Crippen molar-refractivity contribution < 1.29 is 4.74 Å². The minimum Gasteiger partial charge on any atom is -0.479 e. The van der Waals surface area contributed by atoms with Gasteiger partial charge in [0.05, 0.1) is 7.11 Å². The van der Waals surface area contributed by atoms with Gasteiger partial charge in [-0.3, -0.25) is 0 Å². The number of rotatable bonds is 2. The van der Waals surface area contributed by atoms with E-state index >= 15 is 0 Å². The van der Waals surface area contributed by atoms with Gasteiger partial charge in [-0.05, 0) is 35.0 Å². The van der Waals surface area contributed by atoms with Crippen LogP contribution in [0.5, 0.6) is 5.88 Å². The van der Waals surface area contributed by atoms with Crippen LogP contribution in [0.4, 0.5) is 5.69 Å². The van der Waals surface area contributed by atoms with E-state index < -0.39 is 0 Å². The van der Waals surface area contributed by atoms with E-state index in [1.165, 1.54) is 0 Å². The Labute approximate surface area is 104 Å². The molecule has 0 saturated carbocycles. The molecule has 0 amide bonds. The lowest BCUT2D eigenvalue weighted by Crippen LogP contribution is -2.49. The van der Waals surface area contributed by atoms with Crippen LogP contribution in [0.25, 0.3) is 0 Å². The van der Waals surface area contributed by atoms with Crippen LogP contribution in [0, 0.1) is 0 Å². The Morgan fingerprint density at radius 2 is 2.38 bits per heavy atom. The van der Waals surface area contributed by atoms with Gasteiger partial charge in [0.2, 0.25) is 5.88 Å². The standard InChI is InChI=1S/C11H16BrN3O/c1-8-7-15(6-5-13-8)9-3-4-10(12)14-11(9)16-2/h3-4,8,13H,5-7H2,1-2H3/t8-/m1/s1. The summed E-state index contributed by atoms with van der Waals surface area (Å²) in [6.45, 7) is 5.16. The number of pyridine rings is 1. The maximum Gasteiger partial charge on any atom is 0.238 e. The Bertz CT molecular complexity index is 372. The molecular weight excluding hydrogens is 270 g/mol. The second-order valence-corrected chi connectivity index (χ2v) is 4.78. The van der Waals surface area contributed by atoms with Gasteiger partial charge in [-0.15, -0.1) is 0 Å². The normalized spacial score (nSPS) is 20.9. The lowest BCUT2D eigenvalue weighted by Gasteiger charge is -2.33. The Hall–Kier alpha value is -0.810. The largest absolute Gasteiger partial charge is 0.479 e. The highest BCUT2D eigenvalue weighted by Crippen LogP contribution is 2.28. The number of hydrogen-bond acceptors (Lipinski definition) is 4. The summed E-state index contributed by atoms with van der Waals surface area (Å²) in [6, 6.07) is 4.50. The smallest absolute Gasteiger partial charge is 0.238 e. The maximum absolute atomic E-state index is 5.31. The zero-order chi connectivity index (χ0) is 11.5. The Morgan fingerprint density at radius 1 is 1.56 bits per heavy atom. The molecule has 16 heavy (non-hydrogen) atoms. The van der Waals surface area contributed by atoms with E-state index in [2.05, 4.69) is 38.1 Å². The first kappa shape index (κ1) is 11.7. The van der Waals surface area contributed by atoms with Crippen molar-refractivity contribution in [1.29, 1.82) is 0 Å². The molecule has 0 spiro atoms. The average molecular weight is 286 g/mol. The minimum absolute atomic E-state index is 0.502. The number of piperazine rings is 1. The number of ether oxygens (including phenoxy) is 1. The van der Waals surface area contributed by atoms with Crippen molar-refractivity contribution in [1.82, 2.24) is 10.3 Å². The Balaban J connectivity index is 2.24. The molecular formula is C11H16BrN3O. The van der Waals surface area contributed by atoms with Crippen LogP contribution in [-0.2, 0) is 0 Å². The van der Waals surface area contributed by atoms with Crippen molar-refractivity contribution >= 4 is 21.6 Å². The van der Waals surface area contributed by atoms with Crippen molar-refractivity contribution in [3.8, 4) is 5.88 Å². The highest BCUT2D eigenvalue weighted by molar-refractivity contribution is 9.10. The number of halogens is 1. The first-order valence-corrected chi connectivity index (χ1v) is 6.19. The van der Waals surface area contributed by atoms with E-state index in [-0.39, 0.29) is 0 Å². The maximum atomic E-state index is 5.31. The molecule has 1 fully saturated rings. The van der Waals surface area contributed by atoms with E-state index in [0.717, 1.165) is 29.9 Å². The van der Waals surface area contributed by atoms with E-state index in [0.29, 0.717) is 11.9 Å². The van der Waals surface area contributed by atoms with Gasteiger partial charge < -0.3 is 15.0 Å². The highest BCUT2D eigenvalue weighted by Gasteiger charge is 2.19. The minimum atomic E-state index is 0.502. The van der Waals surface area contributed by atoms with Crippen molar-refractivity contribution in [2.24, 2.45) is 0 Å². The Morgan fingerprint density at radius 3 is 3.06 bits per heavy atom. The van der Waals surface area contributed by atoms with Gasteiger partial charge in [0, 0.05) is 25.7 Å². The predicted octanol–water partition coefficient (Wildman–Crippen LogP) is 1.65. The summed E-state index contributed by atoms with van der Waals surface area (Å²) in [5, 5.41) is 3.42. The molecule has 88 valence electrons. The number of hydrogen-bond donors (Lipinski definition) is 1. The van der Waals surface area contributed by atoms with Crippen molar-refractivity contribution in [3.63, 3.8) is 0 Å². The number of nitrogens with zero attached hydrogens (tertiary/aromatic N) is 2. The summed E-state index contributed by atoms with van der Waals surface area (Å²) < 4.78 is 6.11. The van der Waals surface area contributed by atoms with Gasteiger partial charge in [-0.25, -0.2) is 4.98 Å². The molecule has 1 aliphatic heterocycles. The third kappa shape index (κ3) is 2.47. The number of aromatic nitrogens is 1. The second-order valence-electron chi connectivity index (χ2n) is 3.96. The summed E-state index contributed by atoms with van der Waals surface area (Å²) >= 11 is 3.35.